The quantitative estimate of drug-likeness (QED) is 0.324. The molecular weight excluding hydrogens is 168 g/mol. The zero-order valence-corrected chi connectivity index (χ0v) is 6.81. The van der Waals surface area contributed by atoms with E-state index in [1.54, 1.807) is 24.7 Å². The van der Waals surface area contributed by atoms with Gasteiger partial charge in [0.05, 0.1) is 18.2 Å². The van der Waals surface area contributed by atoms with Gasteiger partial charge in [-0.3, -0.25) is 9.80 Å². The summed E-state index contributed by atoms with van der Waals surface area (Å²) in [7, 11) is 0. The lowest BCUT2D eigenvalue weighted by molar-refractivity contribution is -0.107. The van der Waals surface area contributed by atoms with Crippen LogP contribution in [-0.2, 0) is 4.79 Å². The number of hydrogen-bond acceptors (Lipinski definition) is 3. The van der Waals surface area contributed by atoms with Gasteiger partial charge in [-0.05, 0) is 18.2 Å². The van der Waals surface area contributed by atoms with Crippen molar-refractivity contribution in [3.05, 3.63) is 30.7 Å². The molecule has 0 unspecified atom stereocenters. The molecule has 2 aliphatic rings. The largest absolute Gasteiger partial charge is 0.472 e. The van der Waals surface area contributed by atoms with Crippen LogP contribution in [0.2, 0.25) is 0 Å². The molecule has 4 heteroatoms. The van der Waals surface area contributed by atoms with Crippen molar-refractivity contribution in [3.63, 3.8) is 0 Å². The van der Waals surface area contributed by atoms with Crippen molar-refractivity contribution in [2.45, 2.75) is 0 Å². The molecule has 0 spiro atoms. The van der Waals surface area contributed by atoms with Crippen molar-refractivity contribution in [3.8, 4) is 11.1 Å². The van der Waals surface area contributed by atoms with Crippen molar-refractivity contribution < 1.29 is 9.21 Å². The summed E-state index contributed by atoms with van der Waals surface area (Å²) in [4.78, 5) is 10.4. The Labute approximate surface area is 74.9 Å². The Morgan fingerprint density at radius 2 is 2.23 bits per heavy atom. The van der Waals surface area contributed by atoms with E-state index in [0.717, 1.165) is 16.1 Å². The lowest BCUT2D eigenvalue weighted by Gasteiger charge is -2.10. The second-order valence-electron chi connectivity index (χ2n) is 2.66. The number of nitrogens with two attached hydrogens (primary N) is 1. The predicted molar refractivity (Wildman–Crippen MR) is 48.1 cm³/mol. The Bertz CT molecular complexity index is 397. The molecule has 0 saturated heterocycles. The minimum Gasteiger partial charge on any atom is -0.472 e. The topological polar surface area (TPSA) is 59.5 Å². The summed E-state index contributed by atoms with van der Waals surface area (Å²) >= 11 is 0. The fourth-order valence-electron chi connectivity index (χ4n) is 1.28. The third kappa shape index (κ3) is 1.17. The number of nitrogens with zero attached hydrogens (tertiary/aromatic N) is 1. The third-order valence-corrected chi connectivity index (χ3v) is 1.91. The molecule has 0 fully saturated rings. The molecule has 2 rings (SSSR count). The highest BCUT2D eigenvalue weighted by molar-refractivity contribution is 5.88. The van der Waals surface area contributed by atoms with Crippen LogP contribution in [-0.4, -0.2) is 6.41 Å². The molecule has 0 radical (unpaired) electrons. The first-order valence-corrected chi connectivity index (χ1v) is 3.77. The molecule has 1 aliphatic carbocycles. The standard InChI is InChI=1S/C9H8N2O2/c10-11(6-12)9-2-1-7-5-13-4-3-8(7)9/h1-6H,10H2. The summed E-state index contributed by atoms with van der Waals surface area (Å²) in [5, 5.41) is 1.04. The average molecular weight is 176 g/mol. The summed E-state index contributed by atoms with van der Waals surface area (Å²) in [6.07, 6.45) is 3.72. The molecule has 0 aromatic rings. The van der Waals surface area contributed by atoms with Gasteiger partial charge in [-0.15, -0.1) is 0 Å². The van der Waals surface area contributed by atoms with Crippen molar-refractivity contribution in [1.29, 1.82) is 0 Å². The smallest absolute Gasteiger partial charge is 0.228 e. The lowest BCUT2D eigenvalue weighted by atomic mass is 10.2. The van der Waals surface area contributed by atoms with Crippen LogP contribution in [0.1, 0.15) is 0 Å². The van der Waals surface area contributed by atoms with Gasteiger partial charge in [0.1, 0.15) is 0 Å². The number of hydrogen-bond donors (Lipinski definition) is 1. The van der Waals surface area contributed by atoms with Crippen LogP contribution in [0.25, 0.3) is 11.1 Å². The zero-order valence-electron chi connectivity index (χ0n) is 6.81. The predicted octanol–water partition coefficient (Wildman–Crippen LogP) is 1.22. The zero-order chi connectivity index (χ0) is 9.26. The molecule has 0 aromatic heterocycles. The van der Waals surface area contributed by atoms with Crippen molar-refractivity contribution in [2.24, 2.45) is 5.84 Å². The van der Waals surface area contributed by atoms with E-state index in [9.17, 15) is 4.79 Å². The Kier molecular flexibility index (Phi) is 1.75. The summed E-state index contributed by atoms with van der Waals surface area (Å²) in [5.41, 5.74) is 2.51. The highest BCUT2D eigenvalue weighted by atomic mass is 16.3. The van der Waals surface area contributed by atoms with Crippen LogP contribution < -0.4 is 10.9 Å². The normalized spacial score (nSPS) is 10.2. The number of hydrazine groups is 1. The number of carbonyl (C=O) groups is 1. The third-order valence-electron chi connectivity index (χ3n) is 1.91. The SMILES string of the molecule is NN(C=O)c1ccc2coccc1-2. The van der Waals surface area contributed by atoms with Crippen LogP contribution >= 0.6 is 0 Å². The summed E-state index contributed by atoms with van der Waals surface area (Å²) in [6.45, 7) is 0. The van der Waals surface area contributed by atoms with E-state index in [-0.39, 0.29) is 0 Å². The van der Waals surface area contributed by atoms with E-state index in [4.69, 9.17) is 10.3 Å². The summed E-state index contributed by atoms with van der Waals surface area (Å²) < 4.78 is 4.97. The molecule has 4 nitrogen and oxygen atoms in total. The fourth-order valence-corrected chi connectivity index (χ4v) is 1.28. The summed E-state index contributed by atoms with van der Waals surface area (Å²) in [6, 6.07) is 5.39. The molecule has 1 heterocycles. The van der Waals surface area contributed by atoms with E-state index in [2.05, 4.69) is 0 Å². The van der Waals surface area contributed by atoms with E-state index in [0.29, 0.717) is 12.1 Å². The number of anilines is 1. The Balaban J connectivity index is 2.54. The second-order valence-corrected chi connectivity index (χ2v) is 2.66. The fraction of sp³-hybridized carbons (Fsp3) is 0. The highest BCUT2D eigenvalue weighted by Crippen LogP contribution is 2.32. The molecule has 0 bridgehead atoms. The van der Waals surface area contributed by atoms with Gasteiger partial charge < -0.3 is 4.42 Å². The monoisotopic (exact) mass is 176 g/mol. The van der Waals surface area contributed by atoms with Gasteiger partial charge in [0.15, 0.2) is 0 Å². The van der Waals surface area contributed by atoms with Crippen LogP contribution in [0, 0.1) is 0 Å². The molecule has 2 N–H and O–H groups in total. The van der Waals surface area contributed by atoms with E-state index < -0.39 is 0 Å². The van der Waals surface area contributed by atoms with Gasteiger partial charge in [0, 0.05) is 11.1 Å². The summed E-state index contributed by atoms with van der Waals surface area (Å²) in [5.74, 6) is 5.44. The Hall–Kier alpha value is -1.81. The minimum absolute atomic E-state index is 0.568. The first kappa shape index (κ1) is 7.82. The number of carbonyl (C=O) groups excluding carboxylic acids is 1. The molecule has 0 aromatic carbocycles. The van der Waals surface area contributed by atoms with Gasteiger partial charge in [0.25, 0.3) is 0 Å². The number of amides is 1. The maximum Gasteiger partial charge on any atom is 0.228 e. The van der Waals surface area contributed by atoms with Crippen LogP contribution in [0.15, 0.2) is 35.1 Å². The van der Waals surface area contributed by atoms with Gasteiger partial charge >= 0.3 is 0 Å². The number of rotatable bonds is 2. The Morgan fingerprint density at radius 3 is 3.00 bits per heavy atom. The van der Waals surface area contributed by atoms with E-state index in [1.165, 1.54) is 0 Å². The molecule has 66 valence electrons. The first-order valence-electron chi connectivity index (χ1n) is 3.77. The van der Waals surface area contributed by atoms with Gasteiger partial charge in [-0.25, -0.2) is 5.84 Å². The molecule has 13 heavy (non-hydrogen) atoms. The average Bonchev–Trinajstić information content (AvgIpc) is 2.60. The van der Waals surface area contributed by atoms with E-state index >= 15 is 0 Å². The van der Waals surface area contributed by atoms with Crippen molar-refractivity contribution in [1.82, 2.24) is 0 Å². The van der Waals surface area contributed by atoms with Crippen LogP contribution in [0.3, 0.4) is 0 Å². The molecule has 0 saturated carbocycles. The van der Waals surface area contributed by atoms with Crippen LogP contribution in [0.5, 0.6) is 0 Å². The molecular formula is C9H8N2O2. The maximum atomic E-state index is 10.4. The maximum absolute atomic E-state index is 10.4. The van der Waals surface area contributed by atoms with Gasteiger partial charge in [-0.1, -0.05) is 0 Å². The number of fused-ring (bicyclic) bond motifs is 1. The van der Waals surface area contributed by atoms with Gasteiger partial charge in [0.2, 0.25) is 6.41 Å². The molecule has 1 aliphatic heterocycles. The van der Waals surface area contributed by atoms with Crippen molar-refractivity contribution >= 4 is 12.1 Å². The first-order chi connectivity index (χ1) is 6.33. The minimum atomic E-state index is 0.568. The molecule has 0 atom stereocenters. The molecule has 1 amide bonds. The van der Waals surface area contributed by atoms with Crippen LogP contribution in [0.4, 0.5) is 5.69 Å². The van der Waals surface area contributed by atoms with Gasteiger partial charge in [-0.2, -0.15) is 0 Å². The lowest BCUT2D eigenvalue weighted by Crippen LogP contribution is -2.28. The van der Waals surface area contributed by atoms with E-state index in [1.807, 2.05) is 6.07 Å². The van der Waals surface area contributed by atoms with Crippen molar-refractivity contribution in [2.75, 3.05) is 5.01 Å². The Morgan fingerprint density at radius 1 is 1.38 bits per heavy atom. The highest BCUT2D eigenvalue weighted by Gasteiger charge is 2.12. The second kappa shape index (κ2) is 2.91.